The quantitative estimate of drug-likeness (QED) is 0.0177. The van der Waals surface area contributed by atoms with Gasteiger partial charge in [0.25, 0.3) is 0 Å². The smallest absolute Gasteiger partial charge is 0.333 e. The molecule has 22 N–H and O–H groups in total. The molecule has 0 bridgehead atoms. The number of hydrogen-bond acceptors (Lipinski definition) is 40. The summed E-state index contributed by atoms with van der Waals surface area (Å²) in [7, 11) is -2.20. The van der Waals surface area contributed by atoms with E-state index in [4.69, 9.17) is 75.8 Å². The van der Waals surface area contributed by atoms with Gasteiger partial charge in [-0.2, -0.15) is 0 Å². The Kier molecular flexibility index (Phi) is 30.9. The molecule has 0 aromatic carbocycles. The number of ether oxygens (including phenoxy) is 16. The van der Waals surface area contributed by atoms with Gasteiger partial charge in [-0.25, -0.2) is 4.79 Å². The Morgan fingerprint density at radius 3 is 1.74 bits per heavy atom. The van der Waals surface area contributed by atoms with E-state index in [0.29, 0.717) is 44.9 Å². The molecular weight excluding hydrogens is 1680 g/mol. The van der Waals surface area contributed by atoms with Gasteiger partial charge in [0, 0.05) is 11.3 Å². The molecule has 0 aromatic rings. The van der Waals surface area contributed by atoms with Crippen molar-refractivity contribution in [3.63, 3.8) is 0 Å². The first kappa shape index (κ1) is 99.5. The van der Waals surface area contributed by atoms with Crippen LogP contribution in [-0.4, -0.2) is 409 Å². The van der Waals surface area contributed by atoms with Crippen molar-refractivity contribution in [2.24, 2.45) is 50.2 Å². The molecule has 46 atom stereocenters. The van der Waals surface area contributed by atoms with E-state index in [2.05, 4.69) is 61.1 Å². The van der Waals surface area contributed by atoms with E-state index in [-0.39, 0.29) is 55.3 Å². The summed E-state index contributed by atoms with van der Waals surface area (Å²) < 4.78 is 108. The Morgan fingerprint density at radius 1 is 0.512 bits per heavy atom. The highest BCUT2D eigenvalue weighted by Gasteiger charge is 2.73. The molecule has 46 unspecified atom stereocenters. The molecular formula is C84H136O40S. The normalized spacial score (nSPS) is 51.4. The van der Waals surface area contributed by atoms with Gasteiger partial charge in [-0.1, -0.05) is 72.8 Å². The molecule has 7 saturated heterocycles. The summed E-state index contributed by atoms with van der Waals surface area (Å²) >= 11 is 0. The van der Waals surface area contributed by atoms with Crippen molar-refractivity contribution in [1.29, 1.82) is 0 Å². The maximum atomic E-state index is 16.4. The van der Waals surface area contributed by atoms with Gasteiger partial charge in [-0.3, -0.25) is 4.79 Å². The molecule has 0 spiro atoms. The third-order valence-corrected chi connectivity index (χ3v) is 32.4. The van der Waals surface area contributed by atoms with Crippen LogP contribution in [0.4, 0.5) is 0 Å². The lowest BCUT2D eigenvalue weighted by molar-refractivity contribution is -0.401. The van der Waals surface area contributed by atoms with Gasteiger partial charge in [-0.15, -0.1) is 10.3 Å². The van der Waals surface area contributed by atoms with Gasteiger partial charge in [0.15, 0.2) is 43.8 Å². The van der Waals surface area contributed by atoms with Crippen molar-refractivity contribution < 1.29 is 197 Å². The second kappa shape index (κ2) is 38.8. The maximum absolute atomic E-state index is 16.4. The van der Waals surface area contributed by atoms with Crippen molar-refractivity contribution in [3.8, 4) is 0 Å². The van der Waals surface area contributed by atoms with Gasteiger partial charge < -0.3 is 188 Å². The molecule has 0 radical (unpaired) electrons. The minimum Gasteiger partial charge on any atom is -0.459 e. The highest BCUT2D eigenvalue weighted by Crippen LogP contribution is 2.76. The molecule has 13 rings (SSSR count). The molecule has 718 valence electrons. The van der Waals surface area contributed by atoms with Crippen LogP contribution in [-0.2, 0) is 85.4 Å². The standard InChI is InChI=1S/C84H136O40S/c1-12-125(11,108)25-13-14-34(2)70(106)109-32-44-56(97)59(100)68(123-76-69(122-74-62(103)57(98)54(95)43(28-85)116-74)63(104)65(35(3)114-76)120-72-64(105)66(41(89)31-111-72)121-71-60(101)51(92)39(87)29-110-71)77(118-44)124-78(107)84-24-23-79(4,5)26-37(84)36-15-18-47-81(8)21-20-49(80(6,7)46(81)19-22-82(47,9)83(36,10)27-48(84)90)119-73-61(102)58(99)55(96)45(117-73)33-113-75-67(52(93)40(88)30-112-75)115-42-17-16-38(86)50(91)53(42)94/h12,14-15,35,37-69,71-77,85-105,108H,1,13,16-33H2,2-11H3. The molecule has 13 aliphatic rings. The summed E-state index contributed by atoms with van der Waals surface area (Å²) in [6, 6.07) is 0. The van der Waals surface area contributed by atoms with E-state index in [0.717, 1.165) is 5.57 Å². The molecule has 41 heteroatoms. The van der Waals surface area contributed by atoms with Gasteiger partial charge in [0.1, 0.15) is 165 Å². The molecule has 5 saturated carbocycles. The number of carbonyl (C=O) groups is 2. The van der Waals surface area contributed by atoms with Crippen molar-refractivity contribution >= 4 is 22.2 Å². The van der Waals surface area contributed by atoms with E-state index >= 15 is 4.79 Å². The Labute approximate surface area is 726 Å². The van der Waals surface area contributed by atoms with Crippen LogP contribution in [0.5, 0.6) is 0 Å². The fourth-order valence-corrected chi connectivity index (χ4v) is 23.4. The molecule has 0 amide bonds. The van der Waals surface area contributed by atoms with Gasteiger partial charge >= 0.3 is 11.9 Å². The topological polar surface area (TPSA) is 627 Å². The van der Waals surface area contributed by atoms with E-state index in [1.54, 1.807) is 6.26 Å². The number of aliphatic hydroxyl groups excluding tert-OH is 21. The Balaban J connectivity index is 0.762. The van der Waals surface area contributed by atoms with Crippen molar-refractivity contribution in [2.75, 3.05) is 51.6 Å². The molecule has 7 aliphatic heterocycles. The van der Waals surface area contributed by atoms with Crippen LogP contribution >= 0.6 is 10.3 Å². The minimum atomic E-state index is -2.24. The predicted octanol–water partition coefficient (Wildman–Crippen LogP) is -4.44. The van der Waals surface area contributed by atoms with E-state index in [9.17, 15) is 117 Å². The highest BCUT2D eigenvalue weighted by atomic mass is 32.3. The molecule has 0 aromatic heterocycles. The highest BCUT2D eigenvalue weighted by molar-refractivity contribution is 8.30. The first-order valence-corrected chi connectivity index (χ1v) is 45.9. The first-order chi connectivity index (χ1) is 58.6. The predicted molar refractivity (Wildman–Crippen MR) is 426 cm³/mol. The Hall–Kier alpha value is -2.93. The summed E-state index contributed by atoms with van der Waals surface area (Å²) in [6.07, 6.45) is -56.3. The average Bonchev–Trinajstić information content (AvgIpc) is 0.669. The van der Waals surface area contributed by atoms with Crippen LogP contribution in [0, 0.1) is 50.2 Å². The molecule has 6 aliphatic carbocycles. The zero-order valence-corrected chi connectivity index (χ0v) is 73.0. The first-order valence-electron chi connectivity index (χ1n) is 43.7. The van der Waals surface area contributed by atoms with Crippen molar-refractivity contribution in [1.82, 2.24) is 0 Å². The minimum absolute atomic E-state index is 0.0343. The largest absolute Gasteiger partial charge is 0.459 e. The van der Waals surface area contributed by atoms with Crippen LogP contribution in [0.15, 0.2) is 35.3 Å². The zero-order valence-electron chi connectivity index (χ0n) is 72.1. The number of rotatable bonds is 25. The summed E-state index contributed by atoms with van der Waals surface area (Å²) in [4.78, 5) is 30.2. The monoisotopic (exact) mass is 1820 g/mol. The van der Waals surface area contributed by atoms with E-state index < -0.39 is 334 Å². The Bertz CT molecular complexity index is 3710. The summed E-state index contributed by atoms with van der Waals surface area (Å²) in [5, 5.41) is 238. The third-order valence-electron chi connectivity index (χ3n) is 30.6. The van der Waals surface area contributed by atoms with E-state index in [1.807, 2.05) is 0 Å². The van der Waals surface area contributed by atoms with Crippen LogP contribution in [0.3, 0.4) is 0 Å². The van der Waals surface area contributed by atoms with Crippen molar-refractivity contribution in [2.45, 2.75) is 373 Å². The SMILES string of the molecule is C=CS(C)(O)CCC=C(C)C(=O)OCC1OC(OC(=O)C23CCC(C)(C)CC2C2=CCC4C5(C)CCC(OC6OC(COC7OCC(O)C(O)C7OC7CCC(O)C(O)C7O)C(O)C(O)C6O)C(C)(C)C5CCC4(C)C2(C)CC3O)C(OC2OC(C)C(OC3OCC(O)C(OC4OCC(O)C(O)C4O)C3O)C(O)C2OC2OC(CO)C(O)C(O)C2O)C(O)C1O. The number of aliphatic hydroxyl groups is 21. The van der Waals surface area contributed by atoms with Gasteiger partial charge in [-0.05, 0) is 147 Å². The fraction of sp³-hybridized carbons (Fsp3) is 0.905. The summed E-state index contributed by atoms with van der Waals surface area (Å²) in [6.45, 7) is 17.6. The Morgan fingerprint density at radius 2 is 1.06 bits per heavy atom. The molecule has 7 heterocycles. The van der Waals surface area contributed by atoms with Crippen LogP contribution in [0.2, 0.25) is 0 Å². The third kappa shape index (κ3) is 19.1. The summed E-state index contributed by atoms with van der Waals surface area (Å²) in [5.41, 5.74) is -3.74. The fourth-order valence-electron chi connectivity index (χ4n) is 22.6. The van der Waals surface area contributed by atoms with Crippen molar-refractivity contribution in [3.05, 3.63) is 35.3 Å². The molecule has 125 heavy (non-hydrogen) atoms. The lowest BCUT2D eigenvalue weighted by Crippen LogP contribution is -2.69. The van der Waals surface area contributed by atoms with Crippen LogP contribution in [0.1, 0.15) is 139 Å². The average molecular weight is 1820 g/mol. The van der Waals surface area contributed by atoms with Gasteiger partial charge in [0.05, 0.1) is 63.6 Å². The lowest BCUT2D eigenvalue weighted by Gasteiger charge is -2.71. The second-order valence-corrected chi connectivity index (χ2v) is 42.3. The number of hydrogen-bond donors (Lipinski definition) is 22. The van der Waals surface area contributed by atoms with E-state index in [1.165, 1.54) is 25.3 Å². The maximum Gasteiger partial charge on any atom is 0.333 e. The second-order valence-electron chi connectivity index (χ2n) is 39.3. The lowest BCUT2D eigenvalue weighted by atomic mass is 9.33. The van der Waals surface area contributed by atoms with Crippen LogP contribution in [0.25, 0.3) is 0 Å². The summed E-state index contributed by atoms with van der Waals surface area (Å²) in [5.74, 6) is -2.53. The number of fused-ring (bicyclic) bond motifs is 7. The number of esters is 2. The molecule has 40 nitrogen and oxygen atoms in total. The number of allylic oxidation sites excluding steroid dienone is 3. The zero-order chi connectivity index (χ0) is 91.4. The number of carbonyl (C=O) groups excluding carboxylic acids is 2. The van der Waals surface area contributed by atoms with Crippen LogP contribution < -0.4 is 0 Å². The van der Waals surface area contributed by atoms with Gasteiger partial charge in [0.2, 0.25) is 6.29 Å². The molecule has 12 fully saturated rings.